The van der Waals surface area contributed by atoms with Gasteiger partial charge in [0, 0.05) is 12.6 Å². The second kappa shape index (κ2) is 6.90. The molecule has 0 spiro atoms. The second-order valence-corrected chi connectivity index (χ2v) is 7.74. The smallest absolute Gasteiger partial charge is 0.174 e. The lowest BCUT2D eigenvalue weighted by Crippen LogP contribution is -2.28. The van der Waals surface area contributed by atoms with Crippen molar-refractivity contribution in [2.75, 3.05) is 12.8 Å². The molecule has 0 amide bonds. The van der Waals surface area contributed by atoms with Gasteiger partial charge in [0.25, 0.3) is 0 Å². The highest BCUT2D eigenvalue weighted by Crippen LogP contribution is 2.34. The van der Waals surface area contributed by atoms with Gasteiger partial charge in [-0.15, -0.1) is 10.2 Å². The molecule has 1 aliphatic carbocycles. The molecule has 21 heavy (non-hydrogen) atoms. The van der Waals surface area contributed by atoms with Gasteiger partial charge in [-0.05, 0) is 37.5 Å². The largest absolute Gasteiger partial charge is 0.290 e. The molecule has 1 aliphatic rings. The molecule has 2 aromatic rings. The summed E-state index contributed by atoms with van der Waals surface area (Å²) in [5.41, 5.74) is 1.38. The van der Waals surface area contributed by atoms with Gasteiger partial charge in [-0.1, -0.05) is 53.4 Å². The lowest BCUT2D eigenvalue weighted by atomic mass is 10.1. The normalized spacial score (nSPS) is 16.3. The van der Waals surface area contributed by atoms with E-state index >= 15 is 0 Å². The van der Waals surface area contributed by atoms with Crippen molar-refractivity contribution >= 4 is 23.1 Å². The molecule has 0 unspecified atom stereocenters. The van der Waals surface area contributed by atoms with E-state index in [1.165, 1.54) is 24.9 Å². The highest BCUT2D eigenvalue weighted by molar-refractivity contribution is 8.00. The van der Waals surface area contributed by atoms with Crippen LogP contribution in [0.3, 0.4) is 0 Å². The Morgan fingerprint density at radius 2 is 2.05 bits per heavy atom. The van der Waals surface area contributed by atoms with E-state index in [1.54, 1.807) is 23.1 Å². The zero-order valence-electron chi connectivity index (χ0n) is 12.5. The monoisotopic (exact) mass is 319 g/mol. The Morgan fingerprint density at radius 3 is 2.67 bits per heavy atom. The van der Waals surface area contributed by atoms with Crippen LogP contribution in [0, 0.1) is 5.92 Å². The van der Waals surface area contributed by atoms with Crippen LogP contribution in [0.2, 0.25) is 0 Å². The van der Waals surface area contributed by atoms with E-state index in [-0.39, 0.29) is 0 Å². The maximum absolute atomic E-state index is 4.34. The van der Waals surface area contributed by atoms with Crippen LogP contribution < -0.4 is 0 Å². The zero-order chi connectivity index (χ0) is 14.7. The van der Waals surface area contributed by atoms with Gasteiger partial charge in [0.05, 0.1) is 6.54 Å². The minimum absolute atomic E-state index is 0.424. The van der Waals surface area contributed by atoms with Crippen LogP contribution in [0.4, 0.5) is 0 Å². The summed E-state index contributed by atoms with van der Waals surface area (Å²) in [4.78, 5) is 2.55. The SMILES string of the molecule is CSc1nnc(CN(CC2CC2)[C@H](C)c2ccccc2)s1. The van der Waals surface area contributed by atoms with Crippen LogP contribution in [0.5, 0.6) is 0 Å². The maximum atomic E-state index is 4.34. The summed E-state index contributed by atoms with van der Waals surface area (Å²) in [5.74, 6) is 0.879. The molecule has 1 aromatic carbocycles. The van der Waals surface area contributed by atoms with Crippen molar-refractivity contribution in [3.63, 3.8) is 0 Å². The van der Waals surface area contributed by atoms with E-state index in [0.717, 1.165) is 21.8 Å². The van der Waals surface area contributed by atoms with Crippen LogP contribution in [-0.4, -0.2) is 27.9 Å². The Hall–Kier alpha value is -0.910. The van der Waals surface area contributed by atoms with Crippen molar-refractivity contribution in [2.45, 2.75) is 36.7 Å². The van der Waals surface area contributed by atoms with E-state index in [2.05, 4.69) is 58.6 Å². The molecular weight excluding hydrogens is 298 g/mol. The first-order chi connectivity index (χ1) is 10.3. The number of thioether (sulfide) groups is 1. The number of rotatable bonds is 7. The number of benzene rings is 1. The van der Waals surface area contributed by atoms with E-state index in [4.69, 9.17) is 0 Å². The summed E-state index contributed by atoms with van der Waals surface area (Å²) in [6.07, 6.45) is 4.81. The summed E-state index contributed by atoms with van der Waals surface area (Å²) in [7, 11) is 0. The van der Waals surface area contributed by atoms with E-state index in [9.17, 15) is 0 Å². The molecule has 0 bridgehead atoms. The van der Waals surface area contributed by atoms with E-state index < -0.39 is 0 Å². The molecule has 0 aliphatic heterocycles. The van der Waals surface area contributed by atoms with E-state index in [1.807, 2.05) is 0 Å². The fraction of sp³-hybridized carbons (Fsp3) is 0.500. The third kappa shape index (κ3) is 4.05. The lowest BCUT2D eigenvalue weighted by molar-refractivity contribution is 0.192. The summed E-state index contributed by atoms with van der Waals surface area (Å²) >= 11 is 3.39. The molecule has 112 valence electrons. The van der Waals surface area contributed by atoms with Crippen LogP contribution in [-0.2, 0) is 6.54 Å². The molecule has 1 fully saturated rings. The minimum atomic E-state index is 0.424. The Kier molecular flexibility index (Phi) is 4.93. The Bertz CT molecular complexity index is 566. The van der Waals surface area contributed by atoms with Crippen molar-refractivity contribution in [2.24, 2.45) is 5.92 Å². The minimum Gasteiger partial charge on any atom is -0.290 e. The van der Waals surface area contributed by atoms with Crippen molar-refractivity contribution in [1.29, 1.82) is 0 Å². The maximum Gasteiger partial charge on any atom is 0.174 e. The Morgan fingerprint density at radius 1 is 1.29 bits per heavy atom. The molecule has 1 heterocycles. The van der Waals surface area contributed by atoms with E-state index in [0.29, 0.717) is 6.04 Å². The van der Waals surface area contributed by atoms with Crippen molar-refractivity contribution < 1.29 is 0 Å². The quantitative estimate of drug-likeness (QED) is 0.714. The fourth-order valence-electron chi connectivity index (χ4n) is 2.49. The Balaban J connectivity index is 1.73. The molecular formula is C16H21N3S2. The average Bonchev–Trinajstić information content (AvgIpc) is 3.23. The van der Waals surface area contributed by atoms with Crippen LogP contribution in [0.25, 0.3) is 0 Å². The summed E-state index contributed by atoms with van der Waals surface area (Å²) in [5, 5.41) is 9.68. The number of nitrogens with zero attached hydrogens (tertiary/aromatic N) is 3. The summed E-state index contributed by atoms with van der Waals surface area (Å²) in [6.45, 7) is 4.38. The standard InChI is InChI=1S/C16H21N3S2/c1-12(14-6-4-3-5-7-14)19(10-13-8-9-13)11-15-17-18-16(20-2)21-15/h3-7,12-13H,8-11H2,1-2H3/t12-/m1/s1. The van der Waals surface area contributed by atoms with Gasteiger partial charge in [-0.3, -0.25) is 4.90 Å². The average molecular weight is 319 g/mol. The number of hydrogen-bond donors (Lipinski definition) is 0. The van der Waals surface area contributed by atoms with Gasteiger partial charge >= 0.3 is 0 Å². The van der Waals surface area contributed by atoms with Crippen molar-refractivity contribution in [1.82, 2.24) is 15.1 Å². The first-order valence-corrected chi connectivity index (χ1v) is 9.45. The lowest BCUT2D eigenvalue weighted by Gasteiger charge is -2.28. The van der Waals surface area contributed by atoms with Gasteiger partial charge in [0.2, 0.25) is 0 Å². The molecule has 1 saturated carbocycles. The fourth-order valence-corrected chi connectivity index (χ4v) is 3.83. The van der Waals surface area contributed by atoms with Gasteiger partial charge in [0.15, 0.2) is 4.34 Å². The summed E-state index contributed by atoms with van der Waals surface area (Å²) < 4.78 is 1.06. The highest BCUT2D eigenvalue weighted by Gasteiger charge is 2.27. The molecule has 1 atom stereocenters. The third-order valence-corrected chi connectivity index (χ3v) is 5.86. The third-order valence-electron chi connectivity index (χ3n) is 3.98. The first kappa shape index (κ1) is 15.0. The molecule has 0 radical (unpaired) electrons. The van der Waals surface area contributed by atoms with Crippen LogP contribution >= 0.6 is 23.1 Å². The predicted molar refractivity (Wildman–Crippen MR) is 89.7 cm³/mol. The van der Waals surface area contributed by atoms with Gasteiger partial charge in [0.1, 0.15) is 5.01 Å². The molecule has 5 heteroatoms. The molecule has 3 rings (SSSR count). The molecule has 0 saturated heterocycles. The first-order valence-electron chi connectivity index (χ1n) is 7.41. The number of aromatic nitrogens is 2. The topological polar surface area (TPSA) is 29.0 Å². The zero-order valence-corrected chi connectivity index (χ0v) is 14.2. The predicted octanol–water partition coefficient (Wildman–Crippen LogP) is 4.23. The summed E-state index contributed by atoms with van der Waals surface area (Å²) in [6, 6.07) is 11.2. The molecule has 1 aromatic heterocycles. The highest BCUT2D eigenvalue weighted by atomic mass is 32.2. The number of hydrogen-bond acceptors (Lipinski definition) is 5. The van der Waals surface area contributed by atoms with Gasteiger partial charge < -0.3 is 0 Å². The van der Waals surface area contributed by atoms with Crippen LogP contribution in [0.15, 0.2) is 34.7 Å². The Labute approximate surface area is 134 Å². The second-order valence-electron chi connectivity index (χ2n) is 5.63. The van der Waals surface area contributed by atoms with Crippen molar-refractivity contribution in [3.8, 4) is 0 Å². The van der Waals surface area contributed by atoms with Crippen molar-refractivity contribution in [3.05, 3.63) is 40.9 Å². The van der Waals surface area contributed by atoms with Gasteiger partial charge in [-0.25, -0.2) is 0 Å². The molecule has 0 N–H and O–H groups in total. The molecule has 3 nitrogen and oxygen atoms in total. The van der Waals surface area contributed by atoms with Gasteiger partial charge in [-0.2, -0.15) is 0 Å². The van der Waals surface area contributed by atoms with Crippen LogP contribution in [0.1, 0.15) is 36.4 Å².